The number of unbranched alkanes of at least 4 members (excludes halogenated alkanes) is 3. The monoisotopic (exact) mass is 253 g/mol. The summed E-state index contributed by atoms with van der Waals surface area (Å²) in [5.74, 6) is 0.874. The van der Waals surface area contributed by atoms with Crippen LogP contribution in [0.2, 0.25) is 0 Å². The highest BCUT2D eigenvalue weighted by Gasteiger charge is 1.95. The average molecular weight is 253 g/mol. The first-order valence-electron chi connectivity index (χ1n) is 7.02. The Morgan fingerprint density at radius 1 is 1.12 bits per heavy atom. The van der Waals surface area contributed by atoms with Crippen molar-refractivity contribution in [2.75, 3.05) is 13.1 Å². The van der Waals surface area contributed by atoms with Crippen LogP contribution in [0.5, 0.6) is 0 Å². The highest BCUT2D eigenvalue weighted by molar-refractivity contribution is 7.09. The highest BCUT2D eigenvalue weighted by atomic mass is 32.1. The van der Waals surface area contributed by atoms with Crippen molar-refractivity contribution in [1.29, 1.82) is 0 Å². The molecule has 98 valence electrons. The first-order chi connectivity index (χ1) is 8.29. The lowest BCUT2D eigenvalue weighted by Crippen LogP contribution is -2.18. The standard InChI is InChI=1S/C15H27NS/c1-14(2)8-5-3-4-6-11-16-12-10-15-9-7-13-17-15/h7,9,13-14,16H,3-6,8,10-12H2,1-2H3. The molecule has 0 aliphatic rings. The predicted octanol–water partition coefficient (Wildman–Crippen LogP) is 4.49. The van der Waals surface area contributed by atoms with E-state index in [-0.39, 0.29) is 0 Å². The molecule has 0 amide bonds. The summed E-state index contributed by atoms with van der Waals surface area (Å²) in [7, 11) is 0. The molecule has 0 fully saturated rings. The van der Waals surface area contributed by atoms with E-state index < -0.39 is 0 Å². The topological polar surface area (TPSA) is 12.0 Å². The molecule has 1 N–H and O–H groups in total. The molecule has 2 heteroatoms. The van der Waals surface area contributed by atoms with Gasteiger partial charge < -0.3 is 5.32 Å². The quantitative estimate of drug-likeness (QED) is 0.606. The van der Waals surface area contributed by atoms with Crippen molar-refractivity contribution in [2.45, 2.75) is 52.4 Å². The molecule has 0 aliphatic carbocycles. The van der Waals surface area contributed by atoms with Crippen molar-refractivity contribution in [3.05, 3.63) is 22.4 Å². The second kappa shape index (κ2) is 9.67. The summed E-state index contributed by atoms with van der Waals surface area (Å²) in [5.41, 5.74) is 0. The van der Waals surface area contributed by atoms with Crippen LogP contribution >= 0.6 is 11.3 Å². The molecule has 0 saturated carbocycles. The van der Waals surface area contributed by atoms with Crippen molar-refractivity contribution in [1.82, 2.24) is 5.32 Å². The lowest BCUT2D eigenvalue weighted by Gasteiger charge is -2.05. The Morgan fingerprint density at radius 3 is 2.65 bits per heavy atom. The minimum Gasteiger partial charge on any atom is -0.316 e. The van der Waals surface area contributed by atoms with Gasteiger partial charge in [-0.3, -0.25) is 0 Å². The van der Waals surface area contributed by atoms with Gasteiger partial charge in [-0.1, -0.05) is 45.6 Å². The molecule has 0 atom stereocenters. The molecule has 1 aromatic rings. The Morgan fingerprint density at radius 2 is 1.94 bits per heavy atom. The van der Waals surface area contributed by atoms with E-state index in [0.717, 1.165) is 12.5 Å². The maximum atomic E-state index is 3.53. The van der Waals surface area contributed by atoms with E-state index >= 15 is 0 Å². The molecule has 1 nitrogen and oxygen atoms in total. The highest BCUT2D eigenvalue weighted by Crippen LogP contribution is 2.09. The van der Waals surface area contributed by atoms with E-state index in [0.29, 0.717) is 0 Å². The number of nitrogens with one attached hydrogen (secondary N) is 1. The van der Waals surface area contributed by atoms with Gasteiger partial charge >= 0.3 is 0 Å². The smallest absolute Gasteiger partial charge is 0.00578 e. The van der Waals surface area contributed by atoms with Gasteiger partial charge in [-0.15, -0.1) is 11.3 Å². The largest absolute Gasteiger partial charge is 0.316 e. The Hall–Kier alpha value is -0.340. The summed E-state index contributed by atoms with van der Waals surface area (Å²) in [6.45, 7) is 6.94. The molecule has 0 radical (unpaired) electrons. The molecule has 0 bridgehead atoms. The molecule has 0 unspecified atom stereocenters. The third-order valence-electron chi connectivity index (χ3n) is 3.01. The average Bonchev–Trinajstić information content (AvgIpc) is 2.79. The summed E-state index contributed by atoms with van der Waals surface area (Å²) < 4.78 is 0. The zero-order valence-corrected chi connectivity index (χ0v) is 12.2. The first-order valence-corrected chi connectivity index (χ1v) is 7.90. The molecule has 0 spiro atoms. The third kappa shape index (κ3) is 8.39. The fourth-order valence-electron chi connectivity index (χ4n) is 1.95. The number of hydrogen-bond acceptors (Lipinski definition) is 2. The number of rotatable bonds is 10. The van der Waals surface area contributed by atoms with Gasteiger partial charge in [0, 0.05) is 4.88 Å². The van der Waals surface area contributed by atoms with Crippen LogP contribution in [-0.2, 0) is 6.42 Å². The van der Waals surface area contributed by atoms with Crippen molar-refractivity contribution in [3.8, 4) is 0 Å². The zero-order chi connectivity index (χ0) is 12.3. The van der Waals surface area contributed by atoms with Gasteiger partial charge in [0.2, 0.25) is 0 Å². The van der Waals surface area contributed by atoms with Gasteiger partial charge in [0.05, 0.1) is 0 Å². The summed E-state index contributed by atoms with van der Waals surface area (Å²) in [5, 5.41) is 5.69. The van der Waals surface area contributed by atoms with Gasteiger partial charge in [0.25, 0.3) is 0 Å². The van der Waals surface area contributed by atoms with E-state index in [9.17, 15) is 0 Å². The van der Waals surface area contributed by atoms with Gasteiger partial charge in [-0.05, 0) is 43.3 Å². The van der Waals surface area contributed by atoms with Crippen LogP contribution in [0.25, 0.3) is 0 Å². The molecular weight excluding hydrogens is 226 g/mol. The Bertz CT molecular complexity index is 254. The lowest BCUT2D eigenvalue weighted by atomic mass is 10.0. The lowest BCUT2D eigenvalue weighted by molar-refractivity contribution is 0.513. The van der Waals surface area contributed by atoms with E-state index in [2.05, 4.69) is 36.7 Å². The van der Waals surface area contributed by atoms with Crippen molar-refractivity contribution in [2.24, 2.45) is 5.92 Å². The summed E-state index contributed by atoms with van der Waals surface area (Å²) in [4.78, 5) is 1.49. The Kier molecular flexibility index (Phi) is 8.37. The molecule has 0 aliphatic heterocycles. The molecule has 17 heavy (non-hydrogen) atoms. The maximum absolute atomic E-state index is 3.53. The predicted molar refractivity (Wildman–Crippen MR) is 78.8 cm³/mol. The van der Waals surface area contributed by atoms with Gasteiger partial charge in [0.15, 0.2) is 0 Å². The van der Waals surface area contributed by atoms with Crippen LogP contribution in [0.3, 0.4) is 0 Å². The molecule has 1 rings (SSSR count). The Balaban J connectivity index is 1.79. The fourth-order valence-corrected chi connectivity index (χ4v) is 2.66. The fraction of sp³-hybridized carbons (Fsp3) is 0.733. The zero-order valence-electron chi connectivity index (χ0n) is 11.4. The van der Waals surface area contributed by atoms with E-state index in [4.69, 9.17) is 0 Å². The van der Waals surface area contributed by atoms with Crippen LogP contribution in [0, 0.1) is 5.92 Å². The van der Waals surface area contributed by atoms with Gasteiger partial charge in [-0.2, -0.15) is 0 Å². The van der Waals surface area contributed by atoms with Crippen LogP contribution in [-0.4, -0.2) is 13.1 Å². The summed E-state index contributed by atoms with van der Waals surface area (Å²) >= 11 is 1.86. The second-order valence-electron chi connectivity index (χ2n) is 5.18. The Labute approximate surface area is 111 Å². The minimum absolute atomic E-state index is 0.874. The molecule has 1 heterocycles. The molecular formula is C15H27NS. The van der Waals surface area contributed by atoms with E-state index in [1.54, 1.807) is 0 Å². The van der Waals surface area contributed by atoms with Crippen LogP contribution in [0.1, 0.15) is 50.8 Å². The van der Waals surface area contributed by atoms with Crippen molar-refractivity contribution >= 4 is 11.3 Å². The third-order valence-corrected chi connectivity index (χ3v) is 3.95. The van der Waals surface area contributed by atoms with Crippen LogP contribution < -0.4 is 5.32 Å². The normalized spacial score (nSPS) is 11.2. The minimum atomic E-state index is 0.874. The van der Waals surface area contributed by atoms with E-state index in [1.807, 2.05) is 11.3 Å². The van der Waals surface area contributed by atoms with Gasteiger partial charge in [-0.25, -0.2) is 0 Å². The molecule has 1 aromatic heterocycles. The second-order valence-corrected chi connectivity index (χ2v) is 6.21. The maximum Gasteiger partial charge on any atom is 0.00578 e. The summed E-state index contributed by atoms with van der Waals surface area (Å²) in [6, 6.07) is 4.35. The van der Waals surface area contributed by atoms with Crippen LogP contribution in [0.15, 0.2) is 17.5 Å². The van der Waals surface area contributed by atoms with E-state index in [1.165, 1.54) is 49.9 Å². The number of hydrogen-bond donors (Lipinski definition) is 1. The van der Waals surface area contributed by atoms with Crippen molar-refractivity contribution in [3.63, 3.8) is 0 Å². The molecule has 0 aromatic carbocycles. The summed E-state index contributed by atoms with van der Waals surface area (Å²) in [6.07, 6.45) is 8.12. The number of thiophene rings is 1. The first kappa shape index (κ1) is 14.7. The van der Waals surface area contributed by atoms with Crippen molar-refractivity contribution < 1.29 is 0 Å². The van der Waals surface area contributed by atoms with Crippen LogP contribution in [0.4, 0.5) is 0 Å². The molecule has 0 saturated heterocycles. The van der Waals surface area contributed by atoms with Gasteiger partial charge in [0.1, 0.15) is 0 Å². The SMILES string of the molecule is CC(C)CCCCCCNCCc1cccs1.